The number of aromatic nitrogens is 1. The molecule has 1 N–H and O–H groups in total. The van der Waals surface area contributed by atoms with Crippen LogP contribution in [0.4, 0.5) is 5.69 Å². The summed E-state index contributed by atoms with van der Waals surface area (Å²) in [6, 6.07) is 1.93. The zero-order valence-corrected chi connectivity index (χ0v) is 13.2. The van der Waals surface area contributed by atoms with Crippen LogP contribution in [0.5, 0.6) is 0 Å². The fourth-order valence-electron chi connectivity index (χ4n) is 2.28. The second-order valence-electron chi connectivity index (χ2n) is 5.78. The Balaban J connectivity index is 1.95. The van der Waals surface area contributed by atoms with Gasteiger partial charge in [0, 0.05) is 45.5 Å². The maximum absolute atomic E-state index is 12.1. The zero-order chi connectivity index (χ0) is 15.2. The first kappa shape index (κ1) is 15.7. The third kappa shape index (κ3) is 4.68. The van der Waals surface area contributed by atoms with Gasteiger partial charge in [-0.1, -0.05) is 0 Å². The molecule has 2 rings (SSSR count). The van der Waals surface area contributed by atoms with Crippen LogP contribution in [0.15, 0.2) is 18.5 Å². The smallest absolute Gasteiger partial charge is 0.252 e. The molecular formula is C15H25N5O. The first-order chi connectivity index (χ1) is 10.1. The number of hydrogen-bond acceptors (Lipinski definition) is 5. The van der Waals surface area contributed by atoms with Gasteiger partial charge in [-0.05, 0) is 27.2 Å². The van der Waals surface area contributed by atoms with Gasteiger partial charge in [0.15, 0.2) is 0 Å². The number of piperazine rings is 1. The Morgan fingerprint density at radius 2 is 2.00 bits per heavy atom. The Hall–Kier alpha value is -1.66. The molecule has 1 aromatic heterocycles. The summed E-state index contributed by atoms with van der Waals surface area (Å²) in [5, 5.41) is 2.92. The third-order valence-corrected chi connectivity index (χ3v) is 3.70. The van der Waals surface area contributed by atoms with Crippen molar-refractivity contribution in [3.63, 3.8) is 0 Å². The van der Waals surface area contributed by atoms with Crippen molar-refractivity contribution in [3.05, 3.63) is 24.0 Å². The van der Waals surface area contributed by atoms with Crippen molar-refractivity contribution >= 4 is 11.6 Å². The second-order valence-corrected chi connectivity index (χ2v) is 5.78. The van der Waals surface area contributed by atoms with Gasteiger partial charge >= 0.3 is 0 Å². The molecule has 0 radical (unpaired) electrons. The third-order valence-electron chi connectivity index (χ3n) is 3.70. The van der Waals surface area contributed by atoms with E-state index in [0.29, 0.717) is 12.1 Å². The minimum Gasteiger partial charge on any atom is -0.368 e. The van der Waals surface area contributed by atoms with Gasteiger partial charge in [0.1, 0.15) is 0 Å². The van der Waals surface area contributed by atoms with Crippen molar-refractivity contribution in [2.24, 2.45) is 0 Å². The number of nitrogens with one attached hydrogen (secondary N) is 1. The maximum Gasteiger partial charge on any atom is 0.252 e. The van der Waals surface area contributed by atoms with Gasteiger partial charge in [0.2, 0.25) is 0 Å². The molecule has 0 unspecified atom stereocenters. The minimum absolute atomic E-state index is 0.0553. The fourth-order valence-corrected chi connectivity index (χ4v) is 2.28. The van der Waals surface area contributed by atoms with Crippen LogP contribution in [0.2, 0.25) is 0 Å². The molecule has 0 aromatic carbocycles. The molecule has 0 saturated carbocycles. The normalized spacial score (nSPS) is 16.3. The number of amides is 1. The van der Waals surface area contributed by atoms with Crippen molar-refractivity contribution in [3.8, 4) is 0 Å². The summed E-state index contributed by atoms with van der Waals surface area (Å²) in [6.45, 7) is 5.51. The van der Waals surface area contributed by atoms with Crippen LogP contribution in [-0.4, -0.2) is 81.1 Å². The summed E-state index contributed by atoms with van der Waals surface area (Å²) in [5.74, 6) is -0.0553. The monoisotopic (exact) mass is 291 g/mol. The Morgan fingerprint density at radius 3 is 2.67 bits per heavy atom. The van der Waals surface area contributed by atoms with E-state index in [1.54, 1.807) is 6.20 Å². The molecular weight excluding hydrogens is 266 g/mol. The SMILES string of the molecule is CN(C)CCNC(=O)c1cncc(N2CCN(C)CC2)c1. The summed E-state index contributed by atoms with van der Waals surface area (Å²) in [6.07, 6.45) is 3.46. The zero-order valence-electron chi connectivity index (χ0n) is 13.2. The van der Waals surface area contributed by atoms with E-state index in [2.05, 4.69) is 27.1 Å². The summed E-state index contributed by atoms with van der Waals surface area (Å²) in [4.78, 5) is 23.0. The predicted molar refractivity (Wildman–Crippen MR) is 84.8 cm³/mol. The molecule has 1 aromatic rings. The van der Waals surface area contributed by atoms with Crippen LogP contribution in [0, 0.1) is 0 Å². The van der Waals surface area contributed by atoms with Crippen LogP contribution in [-0.2, 0) is 0 Å². The van der Waals surface area contributed by atoms with Crippen LogP contribution in [0.3, 0.4) is 0 Å². The molecule has 1 aliphatic heterocycles. The fraction of sp³-hybridized carbons (Fsp3) is 0.600. The first-order valence-electron chi connectivity index (χ1n) is 7.38. The lowest BCUT2D eigenvalue weighted by molar-refractivity contribution is 0.0950. The van der Waals surface area contributed by atoms with Crippen LogP contribution < -0.4 is 10.2 Å². The molecule has 0 spiro atoms. The Bertz CT molecular complexity index is 469. The van der Waals surface area contributed by atoms with E-state index in [1.165, 1.54) is 0 Å². The molecule has 2 heterocycles. The molecule has 1 fully saturated rings. The quantitative estimate of drug-likeness (QED) is 0.835. The number of anilines is 1. The summed E-state index contributed by atoms with van der Waals surface area (Å²) < 4.78 is 0. The Labute approximate surface area is 126 Å². The number of pyridine rings is 1. The standard InChI is InChI=1S/C15H25N5O/c1-18(2)5-4-17-15(21)13-10-14(12-16-11-13)20-8-6-19(3)7-9-20/h10-12H,4-9H2,1-3H3,(H,17,21). The topological polar surface area (TPSA) is 51.7 Å². The molecule has 116 valence electrons. The highest BCUT2D eigenvalue weighted by molar-refractivity contribution is 5.94. The number of rotatable bonds is 5. The molecule has 0 bridgehead atoms. The molecule has 1 amide bonds. The van der Waals surface area contributed by atoms with Gasteiger partial charge in [-0.15, -0.1) is 0 Å². The summed E-state index contributed by atoms with van der Waals surface area (Å²) in [5.41, 5.74) is 1.66. The van der Waals surface area contributed by atoms with E-state index in [-0.39, 0.29) is 5.91 Å². The first-order valence-corrected chi connectivity index (χ1v) is 7.38. The lowest BCUT2D eigenvalue weighted by atomic mass is 10.2. The summed E-state index contributed by atoms with van der Waals surface area (Å²) >= 11 is 0. The molecule has 0 atom stereocenters. The second kappa shape index (κ2) is 7.38. The Morgan fingerprint density at radius 1 is 1.29 bits per heavy atom. The number of hydrogen-bond donors (Lipinski definition) is 1. The van der Waals surface area contributed by atoms with Crippen molar-refractivity contribution in [1.82, 2.24) is 20.1 Å². The highest BCUT2D eigenvalue weighted by atomic mass is 16.1. The molecule has 21 heavy (non-hydrogen) atoms. The lowest BCUT2D eigenvalue weighted by Crippen LogP contribution is -2.44. The van der Waals surface area contributed by atoms with Gasteiger partial charge in [-0.2, -0.15) is 0 Å². The number of likely N-dealkylation sites (N-methyl/N-ethyl adjacent to an activating group) is 2. The molecule has 6 nitrogen and oxygen atoms in total. The maximum atomic E-state index is 12.1. The van der Waals surface area contributed by atoms with Crippen molar-refractivity contribution < 1.29 is 4.79 Å². The highest BCUT2D eigenvalue weighted by Gasteiger charge is 2.16. The predicted octanol–water partition coefficient (Wildman–Crippen LogP) is 0.125. The van der Waals surface area contributed by atoms with Crippen molar-refractivity contribution in [2.75, 3.05) is 65.3 Å². The van der Waals surface area contributed by atoms with Gasteiger partial charge in [0.25, 0.3) is 5.91 Å². The van der Waals surface area contributed by atoms with E-state index in [0.717, 1.165) is 38.4 Å². The molecule has 6 heteroatoms. The Kier molecular flexibility index (Phi) is 5.52. The van der Waals surface area contributed by atoms with Crippen molar-refractivity contribution in [1.29, 1.82) is 0 Å². The van der Waals surface area contributed by atoms with E-state index < -0.39 is 0 Å². The number of carbonyl (C=O) groups excluding carboxylic acids is 1. The highest BCUT2D eigenvalue weighted by Crippen LogP contribution is 2.16. The van der Waals surface area contributed by atoms with E-state index in [4.69, 9.17) is 0 Å². The van der Waals surface area contributed by atoms with Crippen LogP contribution in [0.1, 0.15) is 10.4 Å². The largest absolute Gasteiger partial charge is 0.368 e. The number of carbonyl (C=O) groups is 1. The number of nitrogens with zero attached hydrogens (tertiary/aromatic N) is 4. The van der Waals surface area contributed by atoms with E-state index >= 15 is 0 Å². The molecule has 1 aliphatic rings. The average molecular weight is 291 g/mol. The van der Waals surface area contributed by atoms with Gasteiger partial charge < -0.3 is 20.0 Å². The van der Waals surface area contributed by atoms with E-state index in [9.17, 15) is 4.79 Å². The summed E-state index contributed by atoms with van der Waals surface area (Å²) in [7, 11) is 6.10. The average Bonchev–Trinajstić information content (AvgIpc) is 2.47. The van der Waals surface area contributed by atoms with Crippen LogP contribution in [0.25, 0.3) is 0 Å². The molecule has 0 aliphatic carbocycles. The van der Waals surface area contributed by atoms with Gasteiger partial charge in [0.05, 0.1) is 17.4 Å². The van der Waals surface area contributed by atoms with Gasteiger partial charge in [-0.3, -0.25) is 9.78 Å². The lowest BCUT2D eigenvalue weighted by Gasteiger charge is -2.33. The van der Waals surface area contributed by atoms with Gasteiger partial charge in [-0.25, -0.2) is 0 Å². The minimum atomic E-state index is -0.0553. The van der Waals surface area contributed by atoms with E-state index in [1.807, 2.05) is 31.3 Å². The van der Waals surface area contributed by atoms with Crippen LogP contribution >= 0.6 is 0 Å². The van der Waals surface area contributed by atoms with Crippen molar-refractivity contribution in [2.45, 2.75) is 0 Å². The molecule has 1 saturated heterocycles.